The minimum Gasteiger partial charge on any atom is -0.494 e. The molecule has 0 N–H and O–H groups in total. The average molecular weight is 279 g/mol. The van der Waals surface area contributed by atoms with Crippen molar-refractivity contribution in [2.45, 2.75) is 20.3 Å². The second-order valence-electron chi connectivity index (χ2n) is 4.27. The Bertz CT molecular complexity index is 442. The first kappa shape index (κ1) is 16.0. The van der Waals surface area contributed by atoms with Gasteiger partial charge in [0.1, 0.15) is 12.3 Å². The molecule has 5 heteroatoms. The first-order valence-corrected chi connectivity index (χ1v) is 6.71. The van der Waals surface area contributed by atoms with Crippen molar-refractivity contribution in [1.82, 2.24) is 4.90 Å². The van der Waals surface area contributed by atoms with E-state index in [-0.39, 0.29) is 12.5 Å². The van der Waals surface area contributed by atoms with Crippen LogP contribution in [0.4, 0.5) is 0 Å². The van der Waals surface area contributed by atoms with Crippen LogP contribution in [0.5, 0.6) is 5.75 Å². The van der Waals surface area contributed by atoms with Crippen molar-refractivity contribution in [1.29, 1.82) is 0 Å². The molecule has 0 radical (unpaired) electrons. The largest absolute Gasteiger partial charge is 0.494 e. The summed E-state index contributed by atoms with van der Waals surface area (Å²) in [7, 11) is 1.31. The van der Waals surface area contributed by atoms with E-state index in [2.05, 4.69) is 4.74 Å². The zero-order chi connectivity index (χ0) is 15.0. The van der Waals surface area contributed by atoms with E-state index < -0.39 is 5.97 Å². The Hall–Kier alpha value is -2.04. The van der Waals surface area contributed by atoms with Crippen LogP contribution in [-0.2, 0) is 9.53 Å². The van der Waals surface area contributed by atoms with E-state index in [1.54, 1.807) is 24.3 Å². The van der Waals surface area contributed by atoms with Crippen molar-refractivity contribution in [2.75, 3.05) is 26.8 Å². The summed E-state index contributed by atoms with van der Waals surface area (Å²) >= 11 is 0. The van der Waals surface area contributed by atoms with Crippen molar-refractivity contribution in [3.8, 4) is 5.75 Å². The molecule has 1 amide bonds. The molecule has 0 unspecified atom stereocenters. The summed E-state index contributed by atoms with van der Waals surface area (Å²) in [6, 6.07) is 6.92. The summed E-state index contributed by atoms with van der Waals surface area (Å²) < 4.78 is 10.0. The summed E-state index contributed by atoms with van der Waals surface area (Å²) in [5.74, 6) is 0.113. The van der Waals surface area contributed by atoms with E-state index >= 15 is 0 Å². The third kappa shape index (κ3) is 4.57. The van der Waals surface area contributed by atoms with Crippen LogP contribution in [0.25, 0.3) is 0 Å². The number of ether oxygens (including phenoxy) is 2. The van der Waals surface area contributed by atoms with Gasteiger partial charge in [0, 0.05) is 12.1 Å². The Labute approximate surface area is 119 Å². The van der Waals surface area contributed by atoms with Gasteiger partial charge in [0.25, 0.3) is 5.91 Å². The fourth-order valence-electron chi connectivity index (χ4n) is 1.64. The molecule has 5 nitrogen and oxygen atoms in total. The monoisotopic (exact) mass is 279 g/mol. The minimum atomic E-state index is -0.428. The van der Waals surface area contributed by atoms with Crippen molar-refractivity contribution in [3.63, 3.8) is 0 Å². The smallest absolute Gasteiger partial charge is 0.325 e. The zero-order valence-corrected chi connectivity index (χ0v) is 12.2. The van der Waals surface area contributed by atoms with Crippen LogP contribution in [0.2, 0.25) is 0 Å². The molecule has 110 valence electrons. The van der Waals surface area contributed by atoms with Gasteiger partial charge < -0.3 is 14.4 Å². The lowest BCUT2D eigenvalue weighted by Crippen LogP contribution is -2.36. The van der Waals surface area contributed by atoms with Gasteiger partial charge in [-0.3, -0.25) is 9.59 Å². The number of carbonyl (C=O) groups excluding carboxylic acids is 2. The van der Waals surface area contributed by atoms with Crippen molar-refractivity contribution >= 4 is 11.9 Å². The third-order valence-electron chi connectivity index (χ3n) is 2.79. The Morgan fingerprint density at radius 1 is 1.15 bits per heavy atom. The molecule has 1 aromatic rings. The Balaban J connectivity index is 2.72. The van der Waals surface area contributed by atoms with Gasteiger partial charge in [0.05, 0.1) is 13.7 Å². The predicted molar refractivity (Wildman–Crippen MR) is 75.8 cm³/mol. The number of carbonyl (C=O) groups is 2. The molecule has 0 aliphatic carbocycles. The number of methoxy groups -OCH3 is 1. The summed E-state index contributed by atoms with van der Waals surface area (Å²) in [5.41, 5.74) is 0.527. The molecule has 0 bridgehead atoms. The number of hydrogen-bond donors (Lipinski definition) is 0. The standard InChI is InChI=1S/C15H21NO4/c1-4-10-20-13-8-6-12(7-9-13)15(18)16(5-2)11-14(17)19-3/h6-9H,4-5,10-11H2,1-3H3. The van der Waals surface area contributed by atoms with Crippen molar-refractivity contribution < 1.29 is 19.1 Å². The van der Waals surface area contributed by atoms with Gasteiger partial charge in [-0.05, 0) is 37.6 Å². The Kier molecular flexibility index (Phi) is 6.56. The lowest BCUT2D eigenvalue weighted by molar-refractivity contribution is -0.141. The van der Waals surface area contributed by atoms with Gasteiger partial charge in [-0.1, -0.05) is 6.92 Å². The molecular formula is C15H21NO4. The fraction of sp³-hybridized carbons (Fsp3) is 0.467. The van der Waals surface area contributed by atoms with Crippen molar-refractivity contribution in [3.05, 3.63) is 29.8 Å². The first-order chi connectivity index (χ1) is 9.62. The van der Waals surface area contributed by atoms with E-state index in [9.17, 15) is 9.59 Å². The molecule has 0 spiro atoms. The van der Waals surface area contributed by atoms with E-state index in [0.29, 0.717) is 18.7 Å². The fourth-order valence-corrected chi connectivity index (χ4v) is 1.64. The maximum atomic E-state index is 12.2. The van der Waals surface area contributed by atoms with E-state index in [1.165, 1.54) is 12.0 Å². The molecule has 0 aromatic heterocycles. The topological polar surface area (TPSA) is 55.8 Å². The van der Waals surface area contributed by atoms with Crippen LogP contribution >= 0.6 is 0 Å². The number of likely N-dealkylation sites (N-methyl/N-ethyl adjacent to an activating group) is 1. The number of esters is 1. The molecule has 0 aliphatic rings. The SMILES string of the molecule is CCCOc1ccc(C(=O)N(CC)CC(=O)OC)cc1. The number of amides is 1. The normalized spacial score (nSPS) is 9.95. The van der Waals surface area contributed by atoms with E-state index in [4.69, 9.17) is 4.74 Å². The highest BCUT2D eigenvalue weighted by Gasteiger charge is 2.17. The van der Waals surface area contributed by atoms with Gasteiger partial charge in [-0.15, -0.1) is 0 Å². The third-order valence-corrected chi connectivity index (χ3v) is 2.79. The molecule has 0 aliphatic heterocycles. The summed E-state index contributed by atoms with van der Waals surface area (Å²) in [6.07, 6.45) is 0.934. The highest BCUT2D eigenvalue weighted by atomic mass is 16.5. The van der Waals surface area contributed by atoms with E-state index in [1.807, 2.05) is 13.8 Å². The van der Waals surface area contributed by atoms with Gasteiger partial charge in [0.15, 0.2) is 0 Å². The predicted octanol–water partition coefficient (Wildman–Crippen LogP) is 2.11. The number of nitrogens with zero attached hydrogens (tertiary/aromatic N) is 1. The van der Waals surface area contributed by atoms with Crippen LogP contribution < -0.4 is 4.74 Å². The molecule has 1 aromatic carbocycles. The molecule has 0 fully saturated rings. The highest BCUT2D eigenvalue weighted by molar-refractivity contribution is 5.96. The minimum absolute atomic E-state index is 0.0417. The molecule has 0 atom stereocenters. The lowest BCUT2D eigenvalue weighted by atomic mass is 10.2. The molecule has 20 heavy (non-hydrogen) atoms. The molecule has 0 heterocycles. The number of rotatable bonds is 7. The van der Waals surface area contributed by atoms with Gasteiger partial charge in [0.2, 0.25) is 0 Å². The summed E-state index contributed by atoms with van der Waals surface area (Å²) in [4.78, 5) is 24.9. The second kappa shape index (κ2) is 8.19. The summed E-state index contributed by atoms with van der Waals surface area (Å²) in [6.45, 7) is 4.90. The first-order valence-electron chi connectivity index (χ1n) is 6.71. The van der Waals surface area contributed by atoms with Crippen LogP contribution in [0.1, 0.15) is 30.6 Å². The van der Waals surface area contributed by atoms with Crippen LogP contribution in [-0.4, -0.2) is 43.6 Å². The zero-order valence-electron chi connectivity index (χ0n) is 12.2. The molecular weight excluding hydrogens is 258 g/mol. The maximum Gasteiger partial charge on any atom is 0.325 e. The highest BCUT2D eigenvalue weighted by Crippen LogP contribution is 2.14. The summed E-state index contributed by atoms with van der Waals surface area (Å²) in [5, 5.41) is 0. The van der Waals surface area contributed by atoms with Crippen LogP contribution in [0, 0.1) is 0 Å². The van der Waals surface area contributed by atoms with Crippen LogP contribution in [0.3, 0.4) is 0 Å². The van der Waals surface area contributed by atoms with Gasteiger partial charge in [-0.2, -0.15) is 0 Å². The second-order valence-corrected chi connectivity index (χ2v) is 4.27. The number of hydrogen-bond acceptors (Lipinski definition) is 4. The molecule has 0 saturated carbocycles. The van der Waals surface area contributed by atoms with Gasteiger partial charge >= 0.3 is 5.97 Å². The Morgan fingerprint density at radius 3 is 2.30 bits per heavy atom. The van der Waals surface area contributed by atoms with E-state index in [0.717, 1.165) is 12.2 Å². The quantitative estimate of drug-likeness (QED) is 0.717. The molecule has 1 rings (SSSR count). The average Bonchev–Trinajstić information content (AvgIpc) is 2.50. The van der Waals surface area contributed by atoms with Gasteiger partial charge in [-0.25, -0.2) is 0 Å². The maximum absolute atomic E-state index is 12.2. The number of benzene rings is 1. The lowest BCUT2D eigenvalue weighted by Gasteiger charge is -2.19. The molecule has 0 saturated heterocycles. The van der Waals surface area contributed by atoms with Crippen molar-refractivity contribution in [2.24, 2.45) is 0 Å². The van der Waals surface area contributed by atoms with Crippen LogP contribution in [0.15, 0.2) is 24.3 Å². The Morgan fingerprint density at radius 2 is 1.80 bits per heavy atom.